The number of ether oxygens (including phenoxy) is 1. The van der Waals surface area contributed by atoms with Gasteiger partial charge < -0.3 is 15.4 Å². The first-order chi connectivity index (χ1) is 18.9. The number of aromatic nitrogens is 1. The fourth-order valence-electron chi connectivity index (χ4n) is 3.83. The number of benzene rings is 3. The predicted molar refractivity (Wildman–Crippen MR) is 158 cm³/mol. The summed E-state index contributed by atoms with van der Waals surface area (Å²) in [5.41, 5.74) is 4.48. The van der Waals surface area contributed by atoms with Crippen LogP contribution in [0.15, 0.2) is 78.9 Å². The Morgan fingerprint density at radius 1 is 0.974 bits per heavy atom. The molecule has 0 saturated heterocycles. The summed E-state index contributed by atoms with van der Waals surface area (Å²) < 4.78 is 6.08. The zero-order valence-electron chi connectivity index (χ0n) is 21.5. The monoisotopic (exact) mass is 559 g/mol. The van der Waals surface area contributed by atoms with Crippen molar-refractivity contribution < 1.29 is 14.3 Å². The van der Waals surface area contributed by atoms with Gasteiger partial charge in [0.1, 0.15) is 17.9 Å². The number of halogens is 2. The van der Waals surface area contributed by atoms with E-state index in [-0.39, 0.29) is 18.4 Å². The molecule has 3 aromatic carbocycles. The van der Waals surface area contributed by atoms with Crippen molar-refractivity contribution in [3.63, 3.8) is 0 Å². The summed E-state index contributed by atoms with van der Waals surface area (Å²) in [6.07, 6.45) is 6.76. The molecule has 0 saturated carbocycles. The average Bonchev–Trinajstić information content (AvgIpc) is 2.95. The topological polar surface area (TPSA) is 80.3 Å². The van der Waals surface area contributed by atoms with Gasteiger partial charge in [0.25, 0.3) is 5.91 Å². The van der Waals surface area contributed by atoms with Crippen LogP contribution in [0.2, 0.25) is 10.0 Å². The van der Waals surface area contributed by atoms with Crippen LogP contribution in [0.25, 0.3) is 23.1 Å². The van der Waals surface area contributed by atoms with Crippen LogP contribution >= 0.6 is 23.2 Å². The van der Waals surface area contributed by atoms with E-state index in [4.69, 9.17) is 27.9 Å². The fraction of sp³-hybridized carbons (Fsp3) is 0.129. The number of rotatable bonds is 9. The summed E-state index contributed by atoms with van der Waals surface area (Å²) in [4.78, 5) is 28.4. The zero-order valence-corrected chi connectivity index (χ0v) is 23.0. The maximum atomic E-state index is 12.2. The van der Waals surface area contributed by atoms with E-state index in [1.54, 1.807) is 49.5 Å². The van der Waals surface area contributed by atoms with Gasteiger partial charge in [-0.1, -0.05) is 71.8 Å². The SMILES string of the molecule is CNC(=O)c1ccc(/C=C/C(=O)NCC=Cc2ccc(Cl)c(COc3cccc4ccc(C)nc34)c2Cl)cc1. The minimum Gasteiger partial charge on any atom is -0.487 e. The number of amides is 2. The molecule has 1 heterocycles. The average molecular weight is 560 g/mol. The first-order valence-corrected chi connectivity index (χ1v) is 13.0. The van der Waals surface area contributed by atoms with E-state index >= 15 is 0 Å². The maximum absolute atomic E-state index is 12.2. The van der Waals surface area contributed by atoms with Crippen LogP contribution in [0, 0.1) is 6.92 Å². The Kier molecular flexibility index (Phi) is 9.36. The van der Waals surface area contributed by atoms with Gasteiger partial charge in [0.2, 0.25) is 5.91 Å². The lowest BCUT2D eigenvalue weighted by molar-refractivity contribution is -0.116. The number of nitrogens with zero attached hydrogens (tertiary/aromatic N) is 1. The number of hydrogen-bond donors (Lipinski definition) is 2. The Labute approximate surface area is 237 Å². The Morgan fingerprint density at radius 2 is 1.77 bits per heavy atom. The third-order valence-corrected chi connectivity index (χ3v) is 6.73. The summed E-state index contributed by atoms with van der Waals surface area (Å²) in [5.74, 6) is 0.250. The molecule has 0 unspecified atom stereocenters. The summed E-state index contributed by atoms with van der Waals surface area (Å²) >= 11 is 13.1. The molecule has 6 nitrogen and oxygen atoms in total. The van der Waals surface area contributed by atoms with Gasteiger partial charge >= 0.3 is 0 Å². The lowest BCUT2D eigenvalue weighted by atomic mass is 10.1. The summed E-state index contributed by atoms with van der Waals surface area (Å²) in [6, 6.07) is 20.3. The minimum atomic E-state index is -0.245. The van der Waals surface area contributed by atoms with Crippen LogP contribution in [0.5, 0.6) is 5.75 Å². The highest BCUT2D eigenvalue weighted by Crippen LogP contribution is 2.31. The molecule has 2 amide bonds. The van der Waals surface area contributed by atoms with Crippen molar-refractivity contribution in [2.45, 2.75) is 13.5 Å². The Morgan fingerprint density at radius 3 is 2.54 bits per heavy atom. The number of carbonyl (C=O) groups is 2. The standard InChI is InChI=1S/C31H27Cl2N3O3/c1-20-8-12-23-5-3-7-27(30(23)36-20)39-19-25-26(32)16-15-22(29(25)33)6-4-18-35-28(37)17-11-21-9-13-24(14-10-21)31(38)34-2/h3-17H,18-19H2,1-2H3,(H,34,38)(H,35,37)/b6-4?,17-11+. The molecule has 0 fully saturated rings. The number of para-hydroxylation sites is 1. The molecule has 0 atom stereocenters. The minimum absolute atomic E-state index is 0.160. The van der Waals surface area contributed by atoms with Gasteiger partial charge in [-0.05, 0) is 54.5 Å². The van der Waals surface area contributed by atoms with Crippen LogP contribution in [0.1, 0.15) is 32.7 Å². The molecule has 0 aliphatic carbocycles. The molecule has 0 spiro atoms. The van der Waals surface area contributed by atoms with Crippen LogP contribution in [0.3, 0.4) is 0 Å². The molecule has 39 heavy (non-hydrogen) atoms. The fourth-order valence-corrected chi connectivity index (χ4v) is 4.37. The molecular weight excluding hydrogens is 533 g/mol. The highest BCUT2D eigenvalue weighted by atomic mass is 35.5. The highest BCUT2D eigenvalue weighted by molar-refractivity contribution is 6.36. The van der Waals surface area contributed by atoms with Crippen LogP contribution in [0.4, 0.5) is 0 Å². The highest BCUT2D eigenvalue weighted by Gasteiger charge is 2.12. The summed E-state index contributed by atoms with van der Waals surface area (Å²) in [7, 11) is 1.58. The summed E-state index contributed by atoms with van der Waals surface area (Å²) in [5, 5.41) is 7.34. The Hall–Kier alpha value is -4.13. The van der Waals surface area contributed by atoms with E-state index in [1.165, 1.54) is 6.08 Å². The number of pyridine rings is 1. The van der Waals surface area contributed by atoms with E-state index in [0.29, 0.717) is 33.5 Å². The number of nitrogens with one attached hydrogen (secondary N) is 2. The van der Waals surface area contributed by atoms with Crippen LogP contribution < -0.4 is 15.4 Å². The van der Waals surface area contributed by atoms with Gasteiger partial charge in [0.15, 0.2) is 0 Å². The Balaban J connectivity index is 1.35. The van der Waals surface area contributed by atoms with Gasteiger partial charge in [-0.2, -0.15) is 0 Å². The van der Waals surface area contributed by atoms with Gasteiger partial charge in [-0.25, -0.2) is 4.98 Å². The van der Waals surface area contributed by atoms with Crippen LogP contribution in [-0.4, -0.2) is 30.4 Å². The van der Waals surface area contributed by atoms with Gasteiger partial charge in [0.05, 0.1) is 5.02 Å². The number of fused-ring (bicyclic) bond motifs is 1. The number of aryl methyl sites for hydroxylation is 1. The van der Waals surface area contributed by atoms with Gasteiger partial charge in [0, 0.05) is 46.9 Å². The first-order valence-electron chi connectivity index (χ1n) is 12.3. The molecule has 0 bridgehead atoms. The third-order valence-electron chi connectivity index (χ3n) is 5.93. The molecule has 4 rings (SSSR count). The van der Waals surface area contributed by atoms with Crippen LogP contribution in [-0.2, 0) is 11.4 Å². The molecule has 4 aromatic rings. The zero-order chi connectivity index (χ0) is 27.8. The van der Waals surface area contributed by atoms with Crippen molar-refractivity contribution in [3.8, 4) is 5.75 Å². The molecule has 2 N–H and O–H groups in total. The number of hydrogen-bond acceptors (Lipinski definition) is 4. The second-order valence-corrected chi connectivity index (χ2v) is 9.47. The largest absolute Gasteiger partial charge is 0.487 e. The first kappa shape index (κ1) is 27.9. The predicted octanol–water partition coefficient (Wildman–Crippen LogP) is 6.63. The Bertz CT molecular complexity index is 1560. The molecule has 0 aliphatic heterocycles. The third kappa shape index (κ3) is 7.25. The maximum Gasteiger partial charge on any atom is 0.251 e. The van der Waals surface area contributed by atoms with Crippen molar-refractivity contribution in [3.05, 3.63) is 117 Å². The smallest absolute Gasteiger partial charge is 0.251 e. The van der Waals surface area contributed by atoms with Crippen molar-refractivity contribution in [1.29, 1.82) is 0 Å². The molecular formula is C31H27Cl2N3O3. The van der Waals surface area contributed by atoms with Gasteiger partial charge in [-0.15, -0.1) is 0 Å². The molecule has 0 radical (unpaired) electrons. The van der Waals surface area contributed by atoms with E-state index in [1.807, 2.05) is 49.4 Å². The van der Waals surface area contributed by atoms with E-state index in [9.17, 15) is 9.59 Å². The normalized spacial score (nSPS) is 11.3. The second-order valence-electron chi connectivity index (χ2n) is 8.68. The van der Waals surface area contributed by atoms with E-state index < -0.39 is 0 Å². The molecule has 0 aliphatic rings. The second kappa shape index (κ2) is 13.1. The van der Waals surface area contributed by atoms with Crippen molar-refractivity contribution >= 4 is 58.1 Å². The lowest BCUT2D eigenvalue weighted by Crippen LogP contribution is -2.20. The number of carbonyl (C=O) groups excluding carboxylic acids is 2. The summed E-state index contributed by atoms with van der Waals surface area (Å²) in [6.45, 7) is 2.43. The van der Waals surface area contributed by atoms with Crippen molar-refractivity contribution in [1.82, 2.24) is 15.6 Å². The van der Waals surface area contributed by atoms with E-state index in [2.05, 4.69) is 15.6 Å². The van der Waals surface area contributed by atoms with Crippen molar-refractivity contribution in [2.24, 2.45) is 0 Å². The van der Waals surface area contributed by atoms with E-state index in [0.717, 1.165) is 27.7 Å². The lowest BCUT2D eigenvalue weighted by Gasteiger charge is -2.13. The van der Waals surface area contributed by atoms with Crippen molar-refractivity contribution in [2.75, 3.05) is 13.6 Å². The quantitative estimate of drug-likeness (QED) is 0.225. The molecule has 198 valence electrons. The van der Waals surface area contributed by atoms with Gasteiger partial charge in [-0.3, -0.25) is 9.59 Å². The molecule has 1 aromatic heterocycles. The molecule has 8 heteroatoms.